The predicted molar refractivity (Wildman–Crippen MR) is 55.4 cm³/mol. The fourth-order valence-corrected chi connectivity index (χ4v) is 1.13. The fraction of sp³-hybridized carbons (Fsp3) is 0.250. The van der Waals surface area contributed by atoms with Crippen molar-refractivity contribution in [2.75, 3.05) is 6.54 Å². The van der Waals surface area contributed by atoms with Crippen LogP contribution in [0.4, 0.5) is 0 Å². The summed E-state index contributed by atoms with van der Waals surface area (Å²) in [4.78, 5) is 0.607. The Labute approximate surface area is 83.6 Å². The first-order valence-electron chi connectivity index (χ1n) is 3.45. The number of hydrogen-bond donors (Lipinski definition) is 3. The van der Waals surface area contributed by atoms with Crippen molar-refractivity contribution in [2.24, 2.45) is 5.73 Å². The molecule has 0 radical (unpaired) electrons. The summed E-state index contributed by atoms with van der Waals surface area (Å²) in [7, 11) is 0. The highest BCUT2D eigenvalue weighted by Gasteiger charge is 1.96. The molecule has 0 saturated heterocycles. The van der Waals surface area contributed by atoms with E-state index in [0.717, 1.165) is 12.0 Å². The molecule has 0 aliphatic rings. The zero-order valence-electron chi connectivity index (χ0n) is 6.53. The highest BCUT2D eigenvalue weighted by Crippen LogP contribution is 2.21. The van der Waals surface area contributed by atoms with E-state index in [1.807, 2.05) is 12.1 Å². The number of benzene rings is 1. The van der Waals surface area contributed by atoms with Gasteiger partial charge in [0, 0.05) is 4.90 Å². The van der Waals surface area contributed by atoms with E-state index in [9.17, 15) is 0 Å². The molecule has 0 aliphatic carbocycles. The molecule has 0 spiro atoms. The third kappa shape index (κ3) is 2.93. The second-order valence-corrected chi connectivity index (χ2v) is 2.84. The molecule has 0 aromatic heterocycles. The molecular formula is C8H12ClNOS. The molecule has 12 heavy (non-hydrogen) atoms. The molecule has 68 valence electrons. The lowest BCUT2D eigenvalue weighted by Gasteiger charge is -2.01. The van der Waals surface area contributed by atoms with Gasteiger partial charge in [-0.15, -0.1) is 25.0 Å². The Bertz CT molecular complexity index is 255. The van der Waals surface area contributed by atoms with Crippen LogP contribution >= 0.6 is 25.0 Å². The highest BCUT2D eigenvalue weighted by molar-refractivity contribution is 7.80. The number of thiol groups is 1. The van der Waals surface area contributed by atoms with Gasteiger partial charge in [-0.2, -0.15) is 0 Å². The van der Waals surface area contributed by atoms with E-state index in [0.29, 0.717) is 11.4 Å². The zero-order chi connectivity index (χ0) is 8.27. The Morgan fingerprint density at radius 1 is 1.42 bits per heavy atom. The summed E-state index contributed by atoms with van der Waals surface area (Å²) in [6, 6.07) is 5.31. The summed E-state index contributed by atoms with van der Waals surface area (Å²) in [6.45, 7) is 0.623. The minimum Gasteiger partial charge on any atom is -0.507 e. The molecule has 0 heterocycles. The van der Waals surface area contributed by atoms with Crippen LogP contribution in [0.2, 0.25) is 0 Å². The number of nitrogens with two attached hydrogens (primary N) is 1. The van der Waals surface area contributed by atoms with Crippen molar-refractivity contribution in [3.8, 4) is 5.75 Å². The number of aromatic hydroxyl groups is 1. The highest BCUT2D eigenvalue weighted by atomic mass is 35.5. The van der Waals surface area contributed by atoms with E-state index in [2.05, 4.69) is 12.6 Å². The van der Waals surface area contributed by atoms with Gasteiger partial charge < -0.3 is 10.8 Å². The molecule has 1 aromatic carbocycles. The lowest BCUT2D eigenvalue weighted by molar-refractivity contribution is 0.462. The number of phenolic OH excluding ortho intramolecular Hbond substituents is 1. The Hall–Kier alpha value is -0.380. The van der Waals surface area contributed by atoms with Gasteiger partial charge in [0.1, 0.15) is 5.75 Å². The van der Waals surface area contributed by atoms with Crippen molar-refractivity contribution in [1.82, 2.24) is 0 Å². The molecule has 0 bridgehead atoms. The standard InChI is InChI=1S/C8H11NOS.ClH/c9-4-3-6-1-2-7(10)8(11)5-6;/h1-2,5,10-11H,3-4,9H2;1H. The largest absolute Gasteiger partial charge is 0.507 e. The smallest absolute Gasteiger partial charge is 0.128 e. The maximum atomic E-state index is 9.10. The maximum Gasteiger partial charge on any atom is 0.128 e. The van der Waals surface area contributed by atoms with Gasteiger partial charge in [0.05, 0.1) is 0 Å². The molecule has 4 heteroatoms. The predicted octanol–water partition coefficient (Wildman–Crippen LogP) is 1.60. The summed E-state index contributed by atoms with van der Waals surface area (Å²) in [5, 5.41) is 9.10. The molecule has 0 amide bonds. The Morgan fingerprint density at radius 2 is 2.08 bits per heavy atom. The maximum absolute atomic E-state index is 9.10. The van der Waals surface area contributed by atoms with Crippen LogP contribution in [0.5, 0.6) is 5.75 Å². The van der Waals surface area contributed by atoms with E-state index in [-0.39, 0.29) is 18.2 Å². The Morgan fingerprint density at radius 3 is 2.58 bits per heavy atom. The lowest BCUT2D eigenvalue weighted by atomic mass is 10.1. The van der Waals surface area contributed by atoms with Gasteiger partial charge in [0.2, 0.25) is 0 Å². The molecule has 0 fully saturated rings. The second-order valence-electron chi connectivity index (χ2n) is 2.36. The summed E-state index contributed by atoms with van der Waals surface area (Å²) in [5.74, 6) is 0.217. The Balaban J connectivity index is 0.00000121. The third-order valence-corrected chi connectivity index (χ3v) is 1.83. The van der Waals surface area contributed by atoms with E-state index in [4.69, 9.17) is 10.8 Å². The minimum atomic E-state index is 0. The molecule has 2 nitrogen and oxygen atoms in total. The number of hydrogen-bond acceptors (Lipinski definition) is 3. The molecule has 1 aromatic rings. The zero-order valence-corrected chi connectivity index (χ0v) is 8.24. The van der Waals surface area contributed by atoms with E-state index in [1.165, 1.54) is 0 Å². The Kier molecular flexibility index (Phi) is 5.13. The molecule has 0 aliphatic heterocycles. The normalized spacial score (nSPS) is 9.17. The van der Waals surface area contributed by atoms with Crippen molar-refractivity contribution >= 4 is 25.0 Å². The average molecular weight is 206 g/mol. The average Bonchev–Trinajstić information content (AvgIpc) is 1.98. The monoisotopic (exact) mass is 205 g/mol. The molecule has 1 rings (SSSR count). The summed E-state index contributed by atoms with van der Waals surface area (Å²) in [6.07, 6.45) is 0.827. The first-order chi connectivity index (χ1) is 5.24. The minimum absolute atomic E-state index is 0. The first-order valence-corrected chi connectivity index (χ1v) is 3.89. The van der Waals surface area contributed by atoms with Gasteiger partial charge in [-0.25, -0.2) is 0 Å². The van der Waals surface area contributed by atoms with Crippen LogP contribution < -0.4 is 5.73 Å². The van der Waals surface area contributed by atoms with Crippen molar-refractivity contribution in [1.29, 1.82) is 0 Å². The van der Waals surface area contributed by atoms with Gasteiger partial charge >= 0.3 is 0 Å². The number of halogens is 1. The quantitative estimate of drug-likeness (QED) is 0.643. The fourth-order valence-electron chi connectivity index (χ4n) is 0.891. The van der Waals surface area contributed by atoms with Crippen LogP contribution in [0.1, 0.15) is 5.56 Å². The summed E-state index contributed by atoms with van der Waals surface area (Å²) >= 11 is 4.07. The van der Waals surface area contributed by atoms with Crippen LogP contribution in [0, 0.1) is 0 Å². The van der Waals surface area contributed by atoms with Crippen molar-refractivity contribution in [3.05, 3.63) is 23.8 Å². The lowest BCUT2D eigenvalue weighted by Crippen LogP contribution is -2.02. The summed E-state index contributed by atoms with van der Waals surface area (Å²) in [5.41, 5.74) is 6.47. The van der Waals surface area contributed by atoms with Crippen molar-refractivity contribution in [3.63, 3.8) is 0 Å². The first kappa shape index (κ1) is 11.6. The SMILES string of the molecule is Cl.NCCc1ccc(O)c(S)c1. The molecule has 0 unspecified atom stereocenters. The topological polar surface area (TPSA) is 46.2 Å². The van der Waals surface area contributed by atoms with E-state index >= 15 is 0 Å². The van der Waals surface area contributed by atoms with Crippen molar-refractivity contribution < 1.29 is 5.11 Å². The molecular weight excluding hydrogens is 194 g/mol. The van der Waals surface area contributed by atoms with E-state index < -0.39 is 0 Å². The number of rotatable bonds is 2. The van der Waals surface area contributed by atoms with Gasteiger partial charge in [0.15, 0.2) is 0 Å². The second kappa shape index (κ2) is 5.30. The molecule has 0 atom stereocenters. The van der Waals surface area contributed by atoms with Gasteiger partial charge in [-0.05, 0) is 30.7 Å². The molecule has 0 saturated carbocycles. The summed E-state index contributed by atoms with van der Waals surface area (Å²) < 4.78 is 0. The van der Waals surface area contributed by atoms with Crippen LogP contribution in [0.3, 0.4) is 0 Å². The van der Waals surface area contributed by atoms with Gasteiger partial charge in [-0.3, -0.25) is 0 Å². The van der Waals surface area contributed by atoms with Crippen LogP contribution in [-0.4, -0.2) is 11.7 Å². The van der Waals surface area contributed by atoms with Crippen LogP contribution in [0.25, 0.3) is 0 Å². The van der Waals surface area contributed by atoms with Crippen LogP contribution in [0.15, 0.2) is 23.1 Å². The van der Waals surface area contributed by atoms with Crippen LogP contribution in [-0.2, 0) is 6.42 Å². The van der Waals surface area contributed by atoms with Crippen molar-refractivity contribution in [2.45, 2.75) is 11.3 Å². The third-order valence-electron chi connectivity index (χ3n) is 1.47. The molecule has 3 N–H and O–H groups in total. The number of phenols is 1. The van der Waals surface area contributed by atoms with Gasteiger partial charge in [-0.1, -0.05) is 6.07 Å². The van der Waals surface area contributed by atoms with Gasteiger partial charge in [0.25, 0.3) is 0 Å². The van der Waals surface area contributed by atoms with E-state index in [1.54, 1.807) is 6.07 Å².